The summed E-state index contributed by atoms with van der Waals surface area (Å²) in [5.74, 6) is 2.17. The lowest BCUT2D eigenvalue weighted by atomic mass is 9.67. The molecule has 0 aliphatic heterocycles. The van der Waals surface area contributed by atoms with Gasteiger partial charge in [-0.25, -0.2) is 0 Å². The molecule has 0 aromatic carbocycles. The Hall–Kier alpha value is -0.850. The zero-order valence-electron chi connectivity index (χ0n) is 10.1. The highest BCUT2D eigenvalue weighted by Gasteiger charge is 2.32. The number of allylic oxidation sites excluding steroid dienone is 3. The molecule has 0 unspecified atom stereocenters. The van der Waals surface area contributed by atoms with E-state index >= 15 is 0 Å². The number of carbonyl (C=O) groups excluding carboxylic acids is 1. The highest BCUT2D eigenvalue weighted by atomic mass is 16.1. The van der Waals surface area contributed by atoms with Crippen LogP contribution in [-0.4, -0.2) is 6.29 Å². The lowest BCUT2D eigenvalue weighted by molar-refractivity contribution is -0.108. The second-order valence-corrected chi connectivity index (χ2v) is 4.91. The summed E-state index contributed by atoms with van der Waals surface area (Å²) in [5, 5.41) is 0. The molecule has 0 radical (unpaired) electrons. The molecule has 84 valence electrons. The van der Waals surface area contributed by atoms with Crippen molar-refractivity contribution in [2.75, 3.05) is 0 Å². The molecule has 0 heterocycles. The third kappa shape index (κ3) is 2.58. The molecule has 0 fully saturated rings. The summed E-state index contributed by atoms with van der Waals surface area (Å²) in [6.07, 6.45) is 7.17. The third-order valence-corrected chi connectivity index (χ3v) is 3.73. The molecule has 15 heavy (non-hydrogen) atoms. The van der Waals surface area contributed by atoms with Crippen molar-refractivity contribution in [3.8, 4) is 0 Å². The second kappa shape index (κ2) is 5.29. The van der Waals surface area contributed by atoms with Crippen LogP contribution in [0.25, 0.3) is 0 Å². The van der Waals surface area contributed by atoms with Gasteiger partial charge in [-0.2, -0.15) is 0 Å². The average Bonchev–Trinajstić information content (AvgIpc) is 2.20. The van der Waals surface area contributed by atoms with Gasteiger partial charge in [-0.3, -0.25) is 0 Å². The first-order valence-corrected chi connectivity index (χ1v) is 5.84. The van der Waals surface area contributed by atoms with Gasteiger partial charge in [0, 0.05) is 6.42 Å². The van der Waals surface area contributed by atoms with Crippen molar-refractivity contribution in [2.24, 2.45) is 23.7 Å². The van der Waals surface area contributed by atoms with Crippen LogP contribution in [0.1, 0.15) is 33.6 Å². The average molecular weight is 206 g/mol. The Balaban J connectivity index is 2.91. The molecule has 0 saturated carbocycles. The lowest BCUT2D eigenvalue weighted by Gasteiger charge is -2.37. The number of carbonyl (C=O) groups is 1. The Labute approximate surface area is 93.3 Å². The van der Waals surface area contributed by atoms with Crippen molar-refractivity contribution >= 4 is 6.29 Å². The van der Waals surface area contributed by atoms with Crippen LogP contribution >= 0.6 is 0 Å². The first-order chi connectivity index (χ1) is 7.11. The van der Waals surface area contributed by atoms with Crippen LogP contribution in [0.15, 0.2) is 24.3 Å². The molecule has 1 heteroatoms. The predicted octanol–water partition coefficient (Wildman–Crippen LogP) is 3.62. The van der Waals surface area contributed by atoms with Crippen molar-refractivity contribution in [3.63, 3.8) is 0 Å². The van der Waals surface area contributed by atoms with Gasteiger partial charge in [0.2, 0.25) is 0 Å². The van der Waals surface area contributed by atoms with E-state index in [1.54, 1.807) is 0 Å². The Morgan fingerprint density at radius 2 is 2.27 bits per heavy atom. The molecule has 0 aromatic heterocycles. The fraction of sp³-hybridized carbons (Fsp3) is 0.643. The Bertz CT molecular complexity index is 263. The minimum Gasteiger partial charge on any atom is -0.303 e. The van der Waals surface area contributed by atoms with E-state index in [1.807, 2.05) is 0 Å². The number of hydrogen-bond acceptors (Lipinski definition) is 1. The zero-order valence-corrected chi connectivity index (χ0v) is 10.1. The number of hydrogen-bond donors (Lipinski definition) is 0. The van der Waals surface area contributed by atoms with E-state index in [9.17, 15) is 4.79 Å². The third-order valence-electron chi connectivity index (χ3n) is 3.73. The molecular weight excluding hydrogens is 184 g/mol. The van der Waals surface area contributed by atoms with Crippen molar-refractivity contribution < 1.29 is 4.79 Å². The Morgan fingerprint density at radius 3 is 2.73 bits per heavy atom. The Morgan fingerprint density at radius 1 is 1.60 bits per heavy atom. The van der Waals surface area contributed by atoms with Crippen LogP contribution in [0, 0.1) is 23.7 Å². The molecule has 1 nitrogen and oxygen atoms in total. The van der Waals surface area contributed by atoms with Crippen LogP contribution in [0.5, 0.6) is 0 Å². The van der Waals surface area contributed by atoms with Crippen LogP contribution in [0.4, 0.5) is 0 Å². The first kappa shape index (κ1) is 12.2. The van der Waals surface area contributed by atoms with E-state index in [-0.39, 0.29) is 0 Å². The minimum absolute atomic E-state index is 0.390. The molecule has 1 rings (SSSR count). The fourth-order valence-electron chi connectivity index (χ4n) is 2.73. The largest absolute Gasteiger partial charge is 0.303 e. The minimum atomic E-state index is 0.390. The first-order valence-electron chi connectivity index (χ1n) is 5.84. The SMILES string of the molecule is C=C[C@@H]1[C@@H](C(C)C)CC=C(C)[C@@H]1CC=O. The maximum atomic E-state index is 10.7. The van der Waals surface area contributed by atoms with Gasteiger partial charge in [0.15, 0.2) is 0 Å². The summed E-state index contributed by atoms with van der Waals surface area (Å²) in [7, 11) is 0. The van der Waals surface area contributed by atoms with Crippen LogP contribution in [0.3, 0.4) is 0 Å². The molecule has 3 atom stereocenters. The van der Waals surface area contributed by atoms with Crippen molar-refractivity contribution in [1.82, 2.24) is 0 Å². The van der Waals surface area contributed by atoms with Crippen molar-refractivity contribution in [1.29, 1.82) is 0 Å². The van der Waals surface area contributed by atoms with E-state index in [0.29, 0.717) is 30.1 Å². The highest BCUT2D eigenvalue weighted by molar-refractivity contribution is 5.51. The van der Waals surface area contributed by atoms with Gasteiger partial charge in [-0.1, -0.05) is 31.6 Å². The van der Waals surface area contributed by atoms with E-state index in [2.05, 4.69) is 39.5 Å². The number of aldehydes is 1. The zero-order chi connectivity index (χ0) is 11.4. The van der Waals surface area contributed by atoms with E-state index in [4.69, 9.17) is 0 Å². The molecule has 0 bridgehead atoms. The smallest absolute Gasteiger partial charge is 0.120 e. The second-order valence-electron chi connectivity index (χ2n) is 4.91. The van der Waals surface area contributed by atoms with Crippen LogP contribution in [-0.2, 0) is 4.79 Å². The molecule has 0 saturated heterocycles. The molecule has 0 spiro atoms. The van der Waals surface area contributed by atoms with Gasteiger partial charge in [0.05, 0.1) is 0 Å². The topological polar surface area (TPSA) is 17.1 Å². The summed E-state index contributed by atoms with van der Waals surface area (Å²) in [6, 6.07) is 0. The van der Waals surface area contributed by atoms with Gasteiger partial charge in [0.1, 0.15) is 6.29 Å². The maximum absolute atomic E-state index is 10.7. The summed E-state index contributed by atoms with van der Waals surface area (Å²) >= 11 is 0. The fourth-order valence-corrected chi connectivity index (χ4v) is 2.73. The monoisotopic (exact) mass is 206 g/mol. The predicted molar refractivity (Wildman–Crippen MR) is 64.6 cm³/mol. The van der Waals surface area contributed by atoms with Crippen molar-refractivity contribution in [3.05, 3.63) is 24.3 Å². The molecule has 1 aliphatic rings. The molecular formula is C14H22O. The van der Waals surface area contributed by atoms with Gasteiger partial charge in [-0.05, 0) is 37.0 Å². The van der Waals surface area contributed by atoms with Gasteiger partial charge < -0.3 is 4.79 Å². The van der Waals surface area contributed by atoms with Gasteiger partial charge >= 0.3 is 0 Å². The molecule has 0 amide bonds. The maximum Gasteiger partial charge on any atom is 0.120 e. The molecule has 1 aliphatic carbocycles. The van der Waals surface area contributed by atoms with Crippen molar-refractivity contribution in [2.45, 2.75) is 33.6 Å². The summed E-state index contributed by atoms with van der Waals surface area (Å²) in [5.41, 5.74) is 1.36. The lowest BCUT2D eigenvalue weighted by Crippen LogP contribution is -2.29. The molecule has 0 N–H and O–H groups in total. The van der Waals surface area contributed by atoms with Gasteiger partial charge in [-0.15, -0.1) is 6.58 Å². The van der Waals surface area contributed by atoms with Crippen LogP contribution < -0.4 is 0 Å². The highest BCUT2D eigenvalue weighted by Crippen LogP contribution is 2.40. The Kier molecular flexibility index (Phi) is 4.31. The van der Waals surface area contributed by atoms with Gasteiger partial charge in [0.25, 0.3) is 0 Å². The summed E-state index contributed by atoms with van der Waals surface area (Å²) < 4.78 is 0. The number of rotatable bonds is 4. The summed E-state index contributed by atoms with van der Waals surface area (Å²) in [6.45, 7) is 10.6. The standard InChI is InChI=1S/C14H22O/c1-5-12-13(10(2)3)7-6-11(4)14(12)8-9-15/h5-6,9-10,12-14H,1,7-8H2,2-4H3/t12-,13-,14+/m1/s1. The van der Waals surface area contributed by atoms with Crippen LogP contribution in [0.2, 0.25) is 0 Å². The van der Waals surface area contributed by atoms with E-state index in [1.165, 1.54) is 5.57 Å². The van der Waals surface area contributed by atoms with E-state index < -0.39 is 0 Å². The summed E-state index contributed by atoms with van der Waals surface area (Å²) in [4.78, 5) is 10.7. The van der Waals surface area contributed by atoms with E-state index in [0.717, 1.165) is 12.7 Å². The normalized spacial score (nSPS) is 31.2. The quantitative estimate of drug-likeness (QED) is 0.507. The molecule has 0 aromatic rings.